The lowest BCUT2D eigenvalue weighted by Gasteiger charge is -2.23. The van der Waals surface area contributed by atoms with Crippen molar-refractivity contribution in [2.24, 2.45) is 11.8 Å². The van der Waals surface area contributed by atoms with Crippen LogP contribution in [0.4, 0.5) is 0 Å². The summed E-state index contributed by atoms with van der Waals surface area (Å²) in [4.78, 5) is 12.0. The molecule has 0 bridgehead atoms. The highest BCUT2D eigenvalue weighted by atomic mass is 35.5. The lowest BCUT2D eigenvalue weighted by Crippen LogP contribution is -2.41. The fraction of sp³-hybridized carbons (Fsp3) is 0.933. The number of carbonyl (C=O) groups excluding carboxylic acids is 1. The fourth-order valence-electron chi connectivity index (χ4n) is 2.71. The predicted octanol–water partition coefficient (Wildman–Crippen LogP) is 3.13. The Hall–Kier alpha value is -0.280. The second-order valence-corrected chi connectivity index (χ2v) is 5.59. The molecule has 0 aromatic carbocycles. The molecule has 2 atom stereocenters. The average Bonchev–Trinajstić information content (AvgIpc) is 2.42. The van der Waals surface area contributed by atoms with E-state index in [-0.39, 0.29) is 24.2 Å². The molecule has 2 N–H and O–H groups in total. The van der Waals surface area contributed by atoms with Gasteiger partial charge in [-0.1, -0.05) is 33.1 Å². The van der Waals surface area contributed by atoms with E-state index in [0.717, 1.165) is 32.5 Å². The average molecular weight is 291 g/mol. The van der Waals surface area contributed by atoms with Crippen molar-refractivity contribution in [1.82, 2.24) is 10.6 Å². The number of unbranched alkanes of at least 4 members (excludes halogenated alkanes) is 1. The Morgan fingerprint density at radius 3 is 2.68 bits per heavy atom. The molecule has 1 saturated heterocycles. The van der Waals surface area contributed by atoms with E-state index in [1.54, 1.807) is 0 Å². The third-order valence-electron chi connectivity index (χ3n) is 3.90. The summed E-state index contributed by atoms with van der Waals surface area (Å²) in [6, 6.07) is 0. The van der Waals surface area contributed by atoms with Gasteiger partial charge < -0.3 is 10.6 Å². The summed E-state index contributed by atoms with van der Waals surface area (Å²) in [5.74, 6) is 1.14. The fourth-order valence-corrected chi connectivity index (χ4v) is 2.71. The second kappa shape index (κ2) is 11.5. The maximum Gasteiger partial charge on any atom is 0.224 e. The summed E-state index contributed by atoms with van der Waals surface area (Å²) in [5, 5.41) is 6.47. The van der Waals surface area contributed by atoms with Gasteiger partial charge in [0.2, 0.25) is 5.91 Å². The van der Waals surface area contributed by atoms with Crippen molar-refractivity contribution < 1.29 is 4.79 Å². The number of carbonyl (C=O) groups is 1. The molecule has 0 aromatic rings. The molecule has 0 saturated carbocycles. The van der Waals surface area contributed by atoms with Crippen molar-refractivity contribution in [2.45, 2.75) is 58.8 Å². The first-order chi connectivity index (χ1) is 8.77. The van der Waals surface area contributed by atoms with E-state index in [4.69, 9.17) is 0 Å². The first-order valence-corrected chi connectivity index (χ1v) is 7.76. The largest absolute Gasteiger partial charge is 0.356 e. The zero-order valence-corrected chi connectivity index (χ0v) is 13.4. The van der Waals surface area contributed by atoms with Gasteiger partial charge in [-0.2, -0.15) is 0 Å². The molecule has 0 spiro atoms. The van der Waals surface area contributed by atoms with Crippen molar-refractivity contribution in [3.05, 3.63) is 0 Å². The zero-order valence-electron chi connectivity index (χ0n) is 12.5. The normalized spacial score (nSPS) is 20.4. The number of rotatable bonds is 8. The number of piperidine rings is 1. The molecule has 1 fully saturated rings. The van der Waals surface area contributed by atoms with Gasteiger partial charge in [0.1, 0.15) is 0 Å². The molecule has 0 aliphatic carbocycles. The Morgan fingerprint density at radius 1 is 1.32 bits per heavy atom. The molecule has 0 aromatic heterocycles. The van der Waals surface area contributed by atoms with E-state index in [9.17, 15) is 4.79 Å². The lowest BCUT2D eigenvalue weighted by molar-refractivity contribution is -0.125. The van der Waals surface area contributed by atoms with Crippen LogP contribution in [-0.4, -0.2) is 25.5 Å². The Morgan fingerprint density at radius 2 is 2.11 bits per heavy atom. The molecule has 3 nitrogen and oxygen atoms in total. The van der Waals surface area contributed by atoms with Gasteiger partial charge in [0, 0.05) is 13.1 Å². The van der Waals surface area contributed by atoms with Crippen LogP contribution in [0.2, 0.25) is 0 Å². The summed E-state index contributed by atoms with van der Waals surface area (Å²) >= 11 is 0. The quantitative estimate of drug-likeness (QED) is 0.721. The minimum absolute atomic E-state index is 0. The van der Waals surface area contributed by atoms with Crippen LogP contribution in [-0.2, 0) is 4.79 Å². The Kier molecular flexibility index (Phi) is 11.4. The highest BCUT2D eigenvalue weighted by Gasteiger charge is 2.21. The Labute approximate surface area is 124 Å². The van der Waals surface area contributed by atoms with Gasteiger partial charge in [-0.15, -0.1) is 12.4 Å². The van der Waals surface area contributed by atoms with Crippen LogP contribution in [0.1, 0.15) is 58.8 Å². The number of hydrogen-bond donors (Lipinski definition) is 2. The molecule has 19 heavy (non-hydrogen) atoms. The molecular formula is C15H31ClN2O. The molecule has 1 aliphatic heterocycles. The molecule has 1 rings (SSSR count). The van der Waals surface area contributed by atoms with Gasteiger partial charge in [-0.3, -0.25) is 4.79 Å². The first-order valence-electron chi connectivity index (χ1n) is 7.76. The minimum atomic E-state index is 0. The molecule has 1 heterocycles. The predicted molar refractivity (Wildman–Crippen MR) is 83.8 cm³/mol. The Bertz CT molecular complexity index is 230. The van der Waals surface area contributed by atoms with Gasteiger partial charge in [-0.25, -0.2) is 0 Å². The second-order valence-electron chi connectivity index (χ2n) is 5.59. The van der Waals surface area contributed by atoms with Gasteiger partial charge >= 0.3 is 0 Å². The summed E-state index contributed by atoms with van der Waals surface area (Å²) in [7, 11) is 0. The van der Waals surface area contributed by atoms with Gasteiger partial charge in [0.15, 0.2) is 0 Å². The molecule has 1 amide bonds. The van der Waals surface area contributed by atoms with Crippen molar-refractivity contribution in [1.29, 1.82) is 0 Å². The van der Waals surface area contributed by atoms with Crippen LogP contribution < -0.4 is 10.6 Å². The van der Waals surface area contributed by atoms with Gasteiger partial charge in [-0.05, 0) is 38.1 Å². The van der Waals surface area contributed by atoms with Crippen LogP contribution in [0.25, 0.3) is 0 Å². The maximum atomic E-state index is 12.0. The van der Waals surface area contributed by atoms with E-state index in [1.807, 2.05) is 0 Å². The van der Waals surface area contributed by atoms with Gasteiger partial charge in [0.25, 0.3) is 0 Å². The van der Waals surface area contributed by atoms with Crippen molar-refractivity contribution in [2.75, 3.05) is 19.6 Å². The molecular weight excluding hydrogens is 260 g/mol. The number of nitrogens with one attached hydrogen (secondary N) is 2. The van der Waals surface area contributed by atoms with Crippen molar-refractivity contribution in [3.63, 3.8) is 0 Å². The number of hydrogen-bond acceptors (Lipinski definition) is 2. The molecule has 114 valence electrons. The summed E-state index contributed by atoms with van der Waals surface area (Å²) in [6.07, 6.45) is 8.43. The van der Waals surface area contributed by atoms with Crippen LogP contribution in [0.3, 0.4) is 0 Å². The van der Waals surface area contributed by atoms with E-state index >= 15 is 0 Å². The summed E-state index contributed by atoms with van der Waals surface area (Å²) < 4.78 is 0. The van der Waals surface area contributed by atoms with E-state index in [1.165, 1.54) is 32.1 Å². The monoisotopic (exact) mass is 290 g/mol. The van der Waals surface area contributed by atoms with Crippen LogP contribution in [0.5, 0.6) is 0 Å². The molecule has 2 unspecified atom stereocenters. The topological polar surface area (TPSA) is 41.1 Å². The number of amides is 1. The lowest BCUT2D eigenvalue weighted by atomic mass is 9.95. The Balaban J connectivity index is 0.00000324. The SMILES string of the molecule is CCCCC(CCC)CNC(=O)C1CCCNC1.Cl. The van der Waals surface area contributed by atoms with Crippen molar-refractivity contribution in [3.8, 4) is 0 Å². The van der Waals surface area contributed by atoms with Crippen LogP contribution in [0.15, 0.2) is 0 Å². The van der Waals surface area contributed by atoms with E-state index in [2.05, 4.69) is 24.5 Å². The van der Waals surface area contributed by atoms with Crippen molar-refractivity contribution >= 4 is 18.3 Å². The highest BCUT2D eigenvalue weighted by molar-refractivity contribution is 5.85. The van der Waals surface area contributed by atoms with E-state index < -0.39 is 0 Å². The zero-order chi connectivity index (χ0) is 13.2. The molecule has 0 radical (unpaired) electrons. The minimum Gasteiger partial charge on any atom is -0.356 e. The number of halogens is 1. The van der Waals surface area contributed by atoms with Gasteiger partial charge in [0.05, 0.1) is 5.92 Å². The van der Waals surface area contributed by atoms with Crippen LogP contribution in [0, 0.1) is 11.8 Å². The van der Waals surface area contributed by atoms with Crippen LogP contribution >= 0.6 is 12.4 Å². The maximum absolute atomic E-state index is 12.0. The summed E-state index contributed by atoms with van der Waals surface area (Å²) in [6.45, 7) is 7.27. The summed E-state index contributed by atoms with van der Waals surface area (Å²) in [5.41, 5.74) is 0. The smallest absolute Gasteiger partial charge is 0.224 e. The first kappa shape index (κ1) is 18.7. The highest BCUT2D eigenvalue weighted by Crippen LogP contribution is 2.15. The third-order valence-corrected chi connectivity index (χ3v) is 3.90. The molecule has 4 heteroatoms. The molecule has 1 aliphatic rings. The standard InChI is InChI=1S/C15H30N2O.ClH/c1-3-5-8-13(7-4-2)11-17-15(18)14-9-6-10-16-12-14;/h13-14,16H,3-12H2,1-2H3,(H,17,18);1H. The van der Waals surface area contributed by atoms with E-state index in [0.29, 0.717) is 5.92 Å². The third kappa shape index (κ3) is 7.78.